The Kier molecular flexibility index (Phi) is 7.21. The molecule has 0 radical (unpaired) electrons. The highest BCUT2D eigenvalue weighted by molar-refractivity contribution is 6.39. The molecular formula is C29H38B2N6O4. The molecule has 6 rings (SSSR count). The van der Waals surface area contributed by atoms with E-state index in [-0.39, 0.29) is 41.7 Å². The van der Waals surface area contributed by atoms with Crippen LogP contribution in [-0.4, -0.2) is 91.5 Å². The second-order valence-electron chi connectivity index (χ2n) is 12.7. The summed E-state index contributed by atoms with van der Waals surface area (Å²) >= 11 is 0. The zero-order valence-corrected chi connectivity index (χ0v) is 24.4. The molecule has 41 heavy (non-hydrogen) atoms. The molecule has 10 nitrogen and oxygen atoms in total. The third-order valence-electron chi connectivity index (χ3n) is 8.68. The summed E-state index contributed by atoms with van der Waals surface area (Å²) in [6.45, 7) is 3.54. The van der Waals surface area contributed by atoms with E-state index in [1.807, 2.05) is 46.8 Å². The lowest BCUT2D eigenvalue weighted by Crippen LogP contribution is -2.39. The predicted octanol–water partition coefficient (Wildman–Crippen LogP) is 0.719. The zero-order valence-electron chi connectivity index (χ0n) is 24.4. The lowest BCUT2D eigenvalue weighted by Gasteiger charge is -2.35. The van der Waals surface area contributed by atoms with E-state index in [2.05, 4.69) is 32.8 Å². The Morgan fingerprint density at radius 1 is 1.10 bits per heavy atom. The number of aromatic nitrogens is 3. The highest BCUT2D eigenvalue weighted by Crippen LogP contribution is 2.39. The van der Waals surface area contributed by atoms with Gasteiger partial charge in [0.2, 0.25) is 0 Å². The number of carbonyl (C=O) groups excluding carboxylic acids is 2. The molecule has 3 aliphatic rings. The van der Waals surface area contributed by atoms with E-state index < -0.39 is 0 Å². The monoisotopic (exact) mass is 556 g/mol. The molecule has 2 fully saturated rings. The molecule has 1 atom stereocenters. The summed E-state index contributed by atoms with van der Waals surface area (Å²) in [7, 11) is 6.20. The molecule has 1 aliphatic carbocycles. The van der Waals surface area contributed by atoms with Gasteiger partial charge < -0.3 is 25.0 Å². The SMILES string of the molecule is BC(B)(C)c1ccc2c(c1)C(=O)N1CCCCC1c1cc3nc(C4CC(O)C4)cc(n3n1)N(C)CCNC(=O)CO2. The van der Waals surface area contributed by atoms with Gasteiger partial charge in [-0.1, -0.05) is 23.8 Å². The van der Waals surface area contributed by atoms with Crippen LogP contribution in [0, 0.1) is 0 Å². The van der Waals surface area contributed by atoms with Gasteiger partial charge in [-0.2, -0.15) is 9.61 Å². The Balaban J connectivity index is 1.46. The largest absolute Gasteiger partial charge is 0.483 e. The molecule has 1 unspecified atom stereocenters. The van der Waals surface area contributed by atoms with Crippen molar-refractivity contribution >= 4 is 39.0 Å². The summed E-state index contributed by atoms with van der Waals surface area (Å²) in [4.78, 5) is 36.0. The van der Waals surface area contributed by atoms with Crippen molar-refractivity contribution in [1.82, 2.24) is 24.8 Å². The first kappa shape index (κ1) is 27.6. The number of fused-ring (bicyclic) bond motifs is 4. The fourth-order valence-corrected chi connectivity index (χ4v) is 6.07. The van der Waals surface area contributed by atoms with Gasteiger partial charge in [0.1, 0.15) is 27.3 Å². The van der Waals surface area contributed by atoms with Crippen LogP contribution in [0.4, 0.5) is 5.82 Å². The Hall–Kier alpha value is -3.53. The average Bonchev–Trinajstić information content (AvgIpc) is 3.36. The van der Waals surface area contributed by atoms with E-state index in [1.165, 1.54) is 0 Å². The first-order valence-electron chi connectivity index (χ1n) is 14.7. The van der Waals surface area contributed by atoms with Crippen molar-refractivity contribution < 1.29 is 19.4 Å². The van der Waals surface area contributed by atoms with Crippen LogP contribution in [0.1, 0.15) is 78.3 Å². The Bertz CT molecular complexity index is 1480. The quantitative estimate of drug-likeness (QED) is 0.448. The van der Waals surface area contributed by atoms with Gasteiger partial charge in [-0.05, 0) is 44.2 Å². The third-order valence-corrected chi connectivity index (χ3v) is 8.68. The Labute approximate surface area is 242 Å². The molecule has 1 saturated carbocycles. The number of aliphatic hydroxyl groups is 1. The van der Waals surface area contributed by atoms with E-state index in [0.717, 1.165) is 47.7 Å². The van der Waals surface area contributed by atoms with E-state index in [9.17, 15) is 14.7 Å². The van der Waals surface area contributed by atoms with Gasteiger partial charge in [0.25, 0.3) is 11.8 Å². The van der Waals surface area contributed by atoms with Gasteiger partial charge in [0, 0.05) is 50.4 Å². The number of anilines is 1. The van der Waals surface area contributed by atoms with Crippen LogP contribution in [0.5, 0.6) is 5.75 Å². The van der Waals surface area contributed by atoms with Crippen molar-refractivity contribution in [2.75, 3.05) is 38.2 Å². The maximum Gasteiger partial charge on any atom is 0.258 e. The summed E-state index contributed by atoms with van der Waals surface area (Å²) in [6.07, 6.45) is 3.83. The highest BCUT2D eigenvalue weighted by atomic mass is 16.5. The standard InChI is InChI=1S/C29H38B2N6O4/c1-29(30,31)18-6-7-24-20(13-18)28(40)36-9-4-3-5-23(36)22-14-25-33-21(17-11-19(38)12-17)15-27(37(25)34-22)35(2)10-8-32-26(39)16-41-24/h6-7,13-15,17,19,23,38H,3-5,8-12,16,30-31H2,1-2H3,(H,32,39). The summed E-state index contributed by atoms with van der Waals surface area (Å²) in [5, 5.41) is 17.7. The fourth-order valence-electron chi connectivity index (χ4n) is 6.07. The number of aliphatic hydroxyl groups excluding tert-OH is 1. The number of hydrogen-bond donors (Lipinski definition) is 2. The molecule has 2 aromatic heterocycles. The van der Waals surface area contributed by atoms with Crippen molar-refractivity contribution in [2.45, 2.75) is 62.3 Å². The average molecular weight is 556 g/mol. The summed E-state index contributed by atoms with van der Waals surface area (Å²) in [6, 6.07) is 9.56. The van der Waals surface area contributed by atoms with Gasteiger partial charge in [0.05, 0.1) is 23.4 Å². The number of rotatable bonds is 2. The number of nitrogens with one attached hydrogen (secondary N) is 1. The van der Waals surface area contributed by atoms with Crippen molar-refractivity contribution in [2.24, 2.45) is 0 Å². The van der Waals surface area contributed by atoms with E-state index in [4.69, 9.17) is 14.8 Å². The molecule has 1 saturated heterocycles. The van der Waals surface area contributed by atoms with Gasteiger partial charge in [-0.25, -0.2) is 4.98 Å². The number of nitrogens with zero attached hydrogens (tertiary/aromatic N) is 5. The number of amides is 2. The molecule has 2 aliphatic heterocycles. The molecule has 12 heteroatoms. The van der Waals surface area contributed by atoms with Crippen LogP contribution in [0.2, 0.25) is 0 Å². The van der Waals surface area contributed by atoms with Gasteiger partial charge >= 0.3 is 0 Å². The number of carbonyl (C=O) groups is 2. The lowest BCUT2D eigenvalue weighted by molar-refractivity contribution is -0.123. The van der Waals surface area contributed by atoms with Crippen molar-refractivity contribution in [1.29, 1.82) is 0 Å². The fraction of sp³-hybridized carbons (Fsp3) is 0.517. The predicted molar refractivity (Wildman–Crippen MR) is 161 cm³/mol. The van der Waals surface area contributed by atoms with Crippen molar-refractivity contribution in [3.63, 3.8) is 0 Å². The van der Waals surface area contributed by atoms with Crippen LogP contribution < -0.4 is 15.0 Å². The Morgan fingerprint density at radius 2 is 1.90 bits per heavy atom. The highest BCUT2D eigenvalue weighted by Gasteiger charge is 2.34. The summed E-state index contributed by atoms with van der Waals surface area (Å²) < 4.78 is 7.83. The van der Waals surface area contributed by atoms with Crippen LogP contribution in [0.25, 0.3) is 5.65 Å². The van der Waals surface area contributed by atoms with Crippen molar-refractivity contribution in [3.8, 4) is 5.75 Å². The molecule has 2 amide bonds. The second-order valence-corrected chi connectivity index (χ2v) is 12.7. The van der Waals surface area contributed by atoms with Crippen molar-refractivity contribution in [3.05, 3.63) is 52.8 Å². The van der Waals surface area contributed by atoms with Crippen LogP contribution in [0.15, 0.2) is 30.3 Å². The molecule has 2 bridgehead atoms. The van der Waals surface area contributed by atoms with Crippen LogP contribution >= 0.6 is 0 Å². The first-order chi connectivity index (χ1) is 19.6. The third kappa shape index (κ3) is 5.41. The maximum absolute atomic E-state index is 14.3. The molecular weight excluding hydrogens is 518 g/mol. The summed E-state index contributed by atoms with van der Waals surface area (Å²) in [5.74, 6) is 1.12. The van der Waals surface area contributed by atoms with Gasteiger partial charge in [-0.15, -0.1) is 0 Å². The van der Waals surface area contributed by atoms with Gasteiger partial charge in [-0.3, -0.25) is 9.59 Å². The zero-order chi connectivity index (χ0) is 28.9. The number of benzene rings is 1. The van der Waals surface area contributed by atoms with E-state index in [1.54, 1.807) is 0 Å². The minimum Gasteiger partial charge on any atom is -0.483 e. The molecule has 3 aromatic rings. The summed E-state index contributed by atoms with van der Waals surface area (Å²) in [5.41, 5.74) is 3.98. The lowest BCUT2D eigenvalue weighted by atomic mass is 9.52. The van der Waals surface area contributed by atoms with E-state index in [0.29, 0.717) is 43.8 Å². The van der Waals surface area contributed by atoms with Gasteiger partial charge in [0.15, 0.2) is 12.3 Å². The number of piperidine rings is 1. The first-order valence-corrected chi connectivity index (χ1v) is 14.7. The van der Waals surface area contributed by atoms with Crippen LogP contribution in [-0.2, 0) is 10.0 Å². The Morgan fingerprint density at radius 3 is 2.66 bits per heavy atom. The number of ether oxygens (including phenoxy) is 1. The molecule has 214 valence electrons. The normalized spacial score (nSPS) is 23.9. The van der Waals surface area contributed by atoms with E-state index >= 15 is 0 Å². The molecule has 4 heterocycles. The number of hydrogen-bond acceptors (Lipinski definition) is 7. The second kappa shape index (κ2) is 10.7. The maximum atomic E-state index is 14.3. The van der Waals surface area contributed by atoms with Crippen LogP contribution in [0.3, 0.4) is 0 Å². The minimum atomic E-state index is -0.282. The molecule has 0 spiro atoms. The topological polar surface area (TPSA) is 112 Å². The smallest absolute Gasteiger partial charge is 0.258 e. The molecule has 2 N–H and O–H groups in total. The number of likely N-dealkylation sites (N-methyl/N-ethyl adjacent to an activating group) is 1. The molecule has 1 aromatic carbocycles. The minimum absolute atomic E-state index is 0.116.